The van der Waals surface area contributed by atoms with Gasteiger partial charge in [-0.25, -0.2) is 9.97 Å². The van der Waals surface area contributed by atoms with Crippen molar-refractivity contribution in [1.29, 1.82) is 0 Å². The number of likely N-dealkylation sites (N-methyl/N-ethyl adjacent to an activating group) is 1. The van der Waals surface area contributed by atoms with Crippen LogP contribution in [-0.2, 0) is 4.79 Å². The molecule has 156 valence electrons. The molecule has 3 aliphatic rings. The predicted molar refractivity (Wildman–Crippen MR) is 115 cm³/mol. The molecular formula is C22H26N6O2. The van der Waals surface area contributed by atoms with Gasteiger partial charge in [-0.3, -0.25) is 9.59 Å². The van der Waals surface area contributed by atoms with E-state index >= 15 is 0 Å². The van der Waals surface area contributed by atoms with Crippen LogP contribution in [-0.4, -0.2) is 72.5 Å². The number of nitrogens with zero attached hydrogens (tertiary/aromatic N) is 6. The minimum atomic E-state index is -0.0638. The number of hydrogen-bond donors (Lipinski definition) is 0. The SMILES string of the molecule is CN1C(=O)C2CCCCN2c2ccc(C(=O)N3CCN(c4ncccn4)CC3)cc21. The van der Waals surface area contributed by atoms with Crippen LogP contribution in [0.15, 0.2) is 36.7 Å². The lowest BCUT2D eigenvalue weighted by Gasteiger charge is -2.44. The third-order valence-corrected chi connectivity index (χ3v) is 6.41. The second kappa shape index (κ2) is 7.59. The Bertz CT molecular complexity index is 957. The van der Waals surface area contributed by atoms with E-state index in [9.17, 15) is 9.59 Å². The van der Waals surface area contributed by atoms with Crippen LogP contribution in [0.4, 0.5) is 17.3 Å². The summed E-state index contributed by atoms with van der Waals surface area (Å²) in [6, 6.07) is 7.53. The Kier molecular flexibility index (Phi) is 4.77. The quantitative estimate of drug-likeness (QED) is 0.757. The normalized spacial score (nSPS) is 21.4. The Balaban J connectivity index is 1.33. The number of rotatable bonds is 2. The molecule has 2 aromatic rings. The Morgan fingerprint density at radius 1 is 1.00 bits per heavy atom. The predicted octanol–water partition coefficient (Wildman–Crippen LogP) is 1.77. The van der Waals surface area contributed by atoms with Gasteiger partial charge in [-0.1, -0.05) is 0 Å². The molecule has 3 aliphatic heterocycles. The van der Waals surface area contributed by atoms with Crippen LogP contribution in [0.3, 0.4) is 0 Å². The van der Waals surface area contributed by atoms with E-state index in [0.29, 0.717) is 37.7 Å². The molecule has 0 bridgehead atoms. The third kappa shape index (κ3) is 3.16. The molecule has 2 fully saturated rings. The van der Waals surface area contributed by atoms with Crippen molar-refractivity contribution in [3.63, 3.8) is 0 Å². The monoisotopic (exact) mass is 406 g/mol. The van der Waals surface area contributed by atoms with Crippen LogP contribution in [0.2, 0.25) is 0 Å². The summed E-state index contributed by atoms with van der Waals surface area (Å²) in [5.74, 6) is 0.839. The maximum absolute atomic E-state index is 13.2. The molecule has 0 saturated carbocycles. The fourth-order valence-electron chi connectivity index (χ4n) is 4.73. The Hall–Kier alpha value is -3.16. The first-order valence-corrected chi connectivity index (χ1v) is 10.6. The van der Waals surface area contributed by atoms with Crippen molar-refractivity contribution in [2.45, 2.75) is 25.3 Å². The van der Waals surface area contributed by atoms with Crippen molar-refractivity contribution in [2.75, 3.05) is 54.5 Å². The maximum atomic E-state index is 13.2. The van der Waals surface area contributed by atoms with Gasteiger partial charge in [-0.05, 0) is 43.5 Å². The summed E-state index contributed by atoms with van der Waals surface area (Å²) in [5, 5.41) is 0. The van der Waals surface area contributed by atoms with E-state index in [0.717, 1.165) is 37.2 Å². The maximum Gasteiger partial charge on any atom is 0.254 e. The highest BCUT2D eigenvalue weighted by Gasteiger charge is 2.38. The number of benzene rings is 1. The average Bonchev–Trinajstić information content (AvgIpc) is 2.82. The molecule has 2 saturated heterocycles. The second-order valence-corrected chi connectivity index (χ2v) is 8.13. The van der Waals surface area contributed by atoms with E-state index in [-0.39, 0.29) is 17.9 Å². The fraction of sp³-hybridized carbons (Fsp3) is 0.455. The molecular weight excluding hydrogens is 380 g/mol. The van der Waals surface area contributed by atoms with Crippen molar-refractivity contribution in [1.82, 2.24) is 14.9 Å². The molecule has 5 rings (SSSR count). The molecule has 0 radical (unpaired) electrons. The fourth-order valence-corrected chi connectivity index (χ4v) is 4.73. The molecule has 0 aliphatic carbocycles. The highest BCUT2D eigenvalue weighted by molar-refractivity contribution is 6.07. The van der Waals surface area contributed by atoms with Gasteiger partial charge >= 0.3 is 0 Å². The summed E-state index contributed by atoms with van der Waals surface area (Å²) in [4.78, 5) is 42.5. The lowest BCUT2D eigenvalue weighted by atomic mass is 9.95. The van der Waals surface area contributed by atoms with Gasteiger partial charge in [0.05, 0.1) is 11.4 Å². The van der Waals surface area contributed by atoms with E-state index in [4.69, 9.17) is 0 Å². The van der Waals surface area contributed by atoms with Crippen LogP contribution in [0.1, 0.15) is 29.6 Å². The topological polar surface area (TPSA) is 72.9 Å². The van der Waals surface area contributed by atoms with Gasteiger partial charge in [0.25, 0.3) is 5.91 Å². The van der Waals surface area contributed by atoms with Gasteiger partial charge in [-0.2, -0.15) is 0 Å². The van der Waals surface area contributed by atoms with Gasteiger partial charge in [0.1, 0.15) is 6.04 Å². The zero-order valence-corrected chi connectivity index (χ0v) is 17.2. The third-order valence-electron chi connectivity index (χ3n) is 6.41. The second-order valence-electron chi connectivity index (χ2n) is 8.13. The Morgan fingerprint density at radius 3 is 2.53 bits per heavy atom. The van der Waals surface area contributed by atoms with Crippen molar-refractivity contribution in [2.24, 2.45) is 0 Å². The van der Waals surface area contributed by atoms with Crippen LogP contribution < -0.4 is 14.7 Å². The molecule has 1 unspecified atom stereocenters. The Labute approximate surface area is 176 Å². The summed E-state index contributed by atoms with van der Waals surface area (Å²) < 4.78 is 0. The lowest BCUT2D eigenvalue weighted by molar-refractivity contribution is -0.120. The van der Waals surface area contributed by atoms with E-state index in [2.05, 4.69) is 19.8 Å². The molecule has 0 spiro atoms. The standard InChI is InChI=1S/C22H26N6O2/c1-25-19-15-16(6-7-17(19)28-10-3-2-5-18(28)21(25)30)20(29)26-11-13-27(14-12-26)22-23-8-4-9-24-22/h4,6-9,15,18H,2-3,5,10-14H2,1H3. The van der Waals surface area contributed by atoms with Gasteiger partial charge in [0.15, 0.2) is 0 Å². The molecule has 1 aromatic carbocycles. The summed E-state index contributed by atoms with van der Waals surface area (Å²) in [6.45, 7) is 3.55. The first-order chi connectivity index (χ1) is 14.6. The number of carbonyl (C=O) groups is 2. The van der Waals surface area contributed by atoms with Crippen molar-refractivity contribution >= 4 is 29.1 Å². The Morgan fingerprint density at radius 2 is 1.77 bits per heavy atom. The average molecular weight is 406 g/mol. The van der Waals surface area contributed by atoms with Crippen molar-refractivity contribution in [3.05, 3.63) is 42.2 Å². The largest absolute Gasteiger partial charge is 0.358 e. The molecule has 30 heavy (non-hydrogen) atoms. The van der Waals surface area contributed by atoms with Crippen LogP contribution >= 0.6 is 0 Å². The first-order valence-electron chi connectivity index (χ1n) is 10.6. The van der Waals surface area contributed by atoms with Crippen LogP contribution in [0.5, 0.6) is 0 Å². The molecule has 8 nitrogen and oxygen atoms in total. The summed E-state index contributed by atoms with van der Waals surface area (Å²) >= 11 is 0. The van der Waals surface area contributed by atoms with Crippen LogP contribution in [0.25, 0.3) is 0 Å². The molecule has 1 atom stereocenters. The highest BCUT2D eigenvalue weighted by atomic mass is 16.2. The van der Waals surface area contributed by atoms with E-state index < -0.39 is 0 Å². The van der Waals surface area contributed by atoms with Gasteiger partial charge < -0.3 is 19.6 Å². The smallest absolute Gasteiger partial charge is 0.254 e. The van der Waals surface area contributed by atoms with E-state index in [1.54, 1.807) is 23.4 Å². The van der Waals surface area contributed by atoms with Gasteiger partial charge in [0.2, 0.25) is 11.9 Å². The zero-order valence-electron chi connectivity index (χ0n) is 17.2. The number of aromatic nitrogens is 2. The number of fused-ring (bicyclic) bond motifs is 3. The molecule has 0 N–H and O–H groups in total. The first kappa shape index (κ1) is 18.8. The van der Waals surface area contributed by atoms with Crippen molar-refractivity contribution in [3.8, 4) is 0 Å². The number of hydrogen-bond acceptors (Lipinski definition) is 6. The number of piperazine rings is 1. The minimum Gasteiger partial charge on any atom is -0.358 e. The van der Waals surface area contributed by atoms with Crippen molar-refractivity contribution < 1.29 is 9.59 Å². The van der Waals surface area contributed by atoms with E-state index in [1.165, 1.54) is 0 Å². The lowest BCUT2D eigenvalue weighted by Crippen LogP contribution is -2.54. The summed E-state index contributed by atoms with van der Waals surface area (Å²) in [7, 11) is 1.82. The van der Waals surface area contributed by atoms with Crippen LogP contribution in [0, 0.1) is 0 Å². The molecule has 8 heteroatoms. The molecule has 1 aromatic heterocycles. The number of piperidine rings is 1. The summed E-state index contributed by atoms with van der Waals surface area (Å²) in [6.07, 6.45) is 6.56. The number of amides is 2. The zero-order chi connectivity index (χ0) is 20.7. The minimum absolute atomic E-state index is 0.00745. The van der Waals surface area contributed by atoms with Gasteiger partial charge in [0, 0.05) is 57.7 Å². The number of anilines is 3. The summed E-state index contributed by atoms with van der Waals surface area (Å²) in [5.41, 5.74) is 2.53. The molecule has 2 amide bonds. The van der Waals surface area contributed by atoms with Gasteiger partial charge in [-0.15, -0.1) is 0 Å². The number of carbonyl (C=O) groups excluding carboxylic acids is 2. The molecule has 4 heterocycles. The highest BCUT2D eigenvalue weighted by Crippen LogP contribution is 2.39. The van der Waals surface area contributed by atoms with E-state index in [1.807, 2.05) is 30.1 Å².